The van der Waals surface area contributed by atoms with Gasteiger partial charge < -0.3 is 14.6 Å². The van der Waals surface area contributed by atoms with Gasteiger partial charge in [0, 0.05) is 55.2 Å². The summed E-state index contributed by atoms with van der Waals surface area (Å²) in [5.74, 6) is 1.40. The van der Waals surface area contributed by atoms with Crippen LogP contribution >= 0.6 is 0 Å². The van der Waals surface area contributed by atoms with Crippen molar-refractivity contribution < 1.29 is 9.13 Å². The van der Waals surface area contributed by atoms with Crippen molar-refractivity contribution in [2.75, 3.05) is 13.2 Å². The van der Waals surface area contributed by atoms with Crippen molar-refractivity contribution in [1.29, 1.82) is 0 Å². The lowest BCUT2D eigenvalue weighted by molar-refractivity contribution is 0.189. The van der Waals surface area contributed by atoms with Gasteiger partial charge in [0.2, 0.25) is 0 Å². The molecule has 0 unspecified atom stereocenters. The van der Waals surface area contributed by atoms with Crippen LogP contribution in [-0.4, -0.2) is 53.8 Å². The van der Waals surface area contributed by atoms with Crippen LogP contribution in [0.4, 0.5) is 4.39 Å². The Kier molecular flexibility index (Phi) is 6.41. The maximum absolute atomic E-state index is 14.4. The molecule has 1 aliphatic carbocycles. The van der Waals surface area contributed by atoms with Crippen LogP contribution in [0.2, 0.25) is 0 Å². The zero-order chi connectivity index (χ0) is 27.1. The fourth-order valence-electron chi connectivity index (χ4n) is 5.14. The molecule has 1 aromatic carbocycles. The van der Waals surface area contributed by atoms with Gasteiger partial charge in [-0.2, -0.15) is 5.10 Å². The highest BCUT2D eigenvalue weighted by Gasteiger charge is 2.27. The minimum atomic E-state index is -0.323. The standard InChI is InChI=1S/C30H29FN8O/c1-38-18-33-37-30(38)26-13-22(31)7-8-25(26)20-11-28(19-5-6-19)36-29(12-20)39-16-21(14-34-39)27-4-2-3-23(35-27)15-32-24-9-10-40-17-24/h2-4,7-8,11-14,16,18-19,24,32H,5-6,9-10,15,17H2,1H3/t24-/m0/s1. The van der Waals surface area contributed by atoms with Crippen molar-refractivity contribution in [3.63, 3.8) is 0 Å². The molecule has 2 fully saturated rings. The molecule has 0 amide bonds. The van der Waals surface area contributed by atoms with E-state index in [1.807, 2.05) is 43.7 Å². The van der Waals surface area contributed by atoms with Crippen LogP contribution < -0.4 is 5.32 Å². The SMILES string of the molecule is Cn1cnnc1-c1cc(F)ccc1-c1cc(C2CC2)nc(-n2cc(-c3cccc(CN[C@H]4CCOC4)n3)cn2)c1. The van der Waals surface area contributed by atoms with E-state index in [0.29, 0.717) is 35.7 Å². The van der Waals surface area contributed by atoms with Gasteiger partial charge in [0.05, 0.1) is 24.2 Å². The van der Waals surface area contributed by atoms with Crippen molar-refractivity contribution >= 4 is 0 Å². The summed E-state index contributed by atoms with van der Waals surface area (Å²) in [6.07, 6.45) is 8.64. The predicted molar refractivity (Wildman–Crippen MR) is 148 cm³/mol. The van der Waals surface area contributed by atoms with Crippen molar-refractivity contribution in [3.05, 3.63) is 84.5 Å². The summed E-state index contributed by atoms with van der Waals surface area (Å²) in [6.45, 7) is 2.25. The topological polar surface area (TPSA) is 95.6 Å². The lowest BCUT2D eigenvalue weighted by atomic mass is 9.98. The second-order valence-electron chi connectivity index (χ2n) is 10.5. The van der Waals surface area contributed by atoms with Gasteiger partial charge in [-0.3, -0.25) is 4.98 Å². The quantitative estimate of drug-likeness (QED) is 0.308. The first-order chi connectivity index (χ1) is 19.6. The molecule has 40 heavy (non-hydrogen) atoms. The molecule has 1 saturated carbocycles. The highest BCUT2D eigenvalue weighted by molar-refractivity contribution is 5.81. The number of aromatic nitrogens is 7. The zero-order valence-electron chi connectivity index (χ0n) is 22.2. The molecule has 1 saturated heterocycles. The highest BCUT2D eigenvalue weighted by Crippen LogP contribution is 2.42. The molecular weight excluding hydrogens is 507 g/mol. The Hall–Kier alpha value is -4.28. The van der Waals surface area contributed by atoms with E-state index in [1.165, 1.54) is 12.1 Å². The highest BCUT2D eigenvalue weighted by atomic mass is 19.1. The molecular formula is C30H29FN8O. The van der Waals surface area contributed by atoms with Gasteiger partial charge in [-0.15, -0.1) is 10.2 Å². The van der Waals surface area contributed by atoms with E-state index in [9.17, 15) is 4.39 Å². The molecule has 5 heterocycles. The third-order valence-electron chi connectivity index (χ3n) is 7.49. The summed E-state index contributed by atoms with van der Waals surface area (Å²) in [5, 5.41) is 16.4. The summed E-state index contributed by atoms with van der Waals surface area (Å²) >= 11 is 0. The first-order valence-electron chi connectivity index (χ1n) is 13.6. The fraction of sp³-hybridized carbons (Fsp3) is 0.300. The number of hydrogen-bond acceptors (Lipinski definition) is 7. The van der Waals surface area contributed by atoms with Crippen molar-refractivity contribution in [2.45, 2.75) is 37.8 Å². The third-order valence-corrected chi connectivity index (χ3v) is 7.49. The number of halogens is 1. The Bertz CT molecular complexity index is 1670. The van der Waals surface area contributed by atoms with Gasteiger partial charge in [-0.1, -0.05) is 12.1 Å². The normalized spacial score (nSPS) is 17.0. The Morgan fingerprint density at radius 1 is 1.02 bits per heavy atom. The maximum Gasteiger partial charge on any atom is 0.164 e. The number of benzene rings is 1. The van der Waals surface area contributed by atoms with Gasteiger partial charge in [0.25, 0.3) is 0 Å². The summed E-state index contributed by atoms with van der Waals surface area (Å²) in [5.41, 5.74) is 6.23. The van der Waals surface area contributed by atoms with E-state index in [0.717, 1.165) is 66.2 Å². The molecule has 1 N–H and O–H groups in total. The smallest absolute Gasteiger partial charge is 0.164 e. The van der Waals surface area contributed by atoms with Gasteiger partial charge in [-0.05, 0) is 66.8 Å². The molecule has 9 nitrogen and oxygen atoms in total. The molecule has 0 radical (unpaired) electrons. The van der Waals surface area contributed by atoms with Crippen LogP contribution in [0.5, 0.6) is 0 Å². The Morgan fingerprint density at radius 3 is 2.75 bits per heavy atom. The first kappa shape index (κ1) is 24.7. The molecule has 1 atom stereocenters. The number of ether oxygens (including phenoxy) is 1. The molecule has 5 aromatic rings. The predicted octanol–water partition coefficient (Wildman–Crippen LogP) is 4.69. The minimum Gasteiger partial charge on any atom is -0.380 e. The van der Waals surface area contributed by atoms with Crippen LogP contribution in [0, 0.1) is 5.82 Å². The summed E-state index contributed by atoms with van der Waals surface area (Å²) in [6, 6.07) is 15.3. The van der Waals surface area contributed by atoms with E-state index >= 15 is 0 Å². The van der Waals surface area contributed by atoms with Gasteiger partial charge in [-0.25, -0.2) is 14.1 Å². The van der Waals surface area contributed by atoms with Crippen LogP contribution in [0.25, 0.3) is 39.6 Å². The van der Waals surface area contributed by atoms with Crippen LogP contribution in [0.1, 0.15) is 36.6 Å². The van der Waals surface area contributed by atoms with Crippen LogP contribution in [0.15, 0.2) is 67.3 Å². The number of nitrogens with one attached hydrogen (secondary N) is 1. The monoisotopic (exact) mass is 536 g/mol. The van der Waals surface area contributed by atoms with Crippen molar-refractivity contribution in [2.24, 2.45) is 7.05 Å². The average Bonchev–Trinajstić information content (AvgIpc) is 3.31. The van der Waals surface area contributed by atoms with E-state index in [-0.39, 0.29) is 5.82 Å². The Labute approximate surface area is 231 Å². The first-order valence-corrected chi connectivity index (χ1v) is 13.6. The molecule has 202 valence electrons. The maximum atomic E-state index is 14.4. The lowest BCUT2D eigenvalue weighted by Gasteiger charge is -2.13. The summed E-state index contributed by atoms with van der Waals surface area (Å²) < 4.78 is 23.4. The fourth-order valence-corrected chi connectivity index (χ4v) is 5.14. The molecule has 1 aliphatic heterocycles. The minimum absolute atomic E-state index is 0.323. The molecule has 0 spiro atoms. The Morgan fingerprint density at radius 2 is 1.95 bits per heavy atom. The number of pyridine rings is 2. The third kappa shape index (κ3) is 5.03. The second-order valence-corrected chi connectivity index (χ2v) is 10.5. The Balaban J connectivity index is 1.22. The lowest BCUT2D eigenvalue weighted by Crippen LogP contribution is -2.28. The molecule has 10 heteroatoms. The molecule has 7 rings (SSSR count). The number of nitrogens with zero attached hydrogens (tertiary/aromatic N) is 7. The zero-order valence-corrected chi connectivity index (χ0v) is 22.2. The molecule has 4 aromatic heterocycles. The van der Waals surface area contributed by atoms with Crippen LogP contribution in [0.3, 0.4) is 0 Å². The number of rotatable bonds is 8. The number of hydrogen-bond donors (Lipinski definition) is 1. The van der Waals surface area contributed by atoms with Gasteiger partial charge >= 0.3 is 0 Å². The second kappa shape index (κ2) is 10.4. The van der Waals surface area contributed by atoms with E-state index < -0.39 is 0 Å². The van der Waals surface area contributed by atoms with E-state index in [1.54, 1.807) is 21.6 Å². The van der Waals surface area contributed by atoms with Crippen LogP contribution in [-0.2, 0) is 18.3 Å². The number of aryl methyl sites for hydroxylation is 1. The molecule has 2 aliphatic rings. The van der Waals surface area contributed by atoms with Crippen molar-refractivity contribution in [3.8, 4) is 39.6 Å². The van der Waals surface area contributed by atoms with Crippen molar-refractivity contribution in [1.82, 2.24) is 39.8 Å². The van der Waals surface area contributed by atoms with Gasteiger partial charge in [0.15, 0.2) is 11.6 Å². The average molecular weight is 537 g/mol. The summed E-state index contributed by atoms with van der Waals surface area (Å²) in [4.78, 5) is 9.83. The molecule has 0 bridgehead atoms. The summed E-state index contributed by atoms with van der Waals surface area (Å²) in [7, 11) is 1.85. The van der Waals surface area contributed by atoms with E-state index in [2.05, 4.69) is 26.7 Å². The van der Waals surface area contributed by atoms with Gasteiger partial charge in [0.1, 0.15) is 12.1 Å². The van der Waals surface area contributed by atoms with E-state index in [4.69, 9.17) is 14.7 Å². The largest absolute Gasteiger partial charge is 0.380 e.